The lowest BCUT2D eigenvalue weighted by molar-refractivity contribution is 0.116. The molecule has 0 radical (unpaired) electrons. The fraction of sp³-hybridized carbons (Fsp3) is 0.571. The monoisotopic (exact) mass is 266 g/mol. The number of nitrogens with zero attached hydrogens (tertiary/aromatic N) is 1. The maximum atomic E-state index is 6.08. The number of ether oxygens (including phenoxy) is 3. The highest BCUT2D eigenvalue weighted by Crippen LogP contribution is 2.36. The summed E-state index contributed by atoms with van der Waals surface area (Å²) in [5.41, 5.74) is 7.69. The molecular formula is C14H22N2O3. The van der Waals surface area contributed by atoms with Crippen LogP contribution in [0.25, 0.3) is 0 Å². The molecule has 0 aliphatic carbocycles. The largest absolute Gasteiger partial charge is 0.493 e. The summed E-state index contributed by atoms with van der Waals surface area (Å²) >= 11 is 0. The smallest absolute Gasteiger partial charge is 0.162 e. The van der Waals surface area contributed by atoms with E-state index in [-0.39, 0.29) is 6.10 Å². The van der Waals surface area contributed by atoms with E-state index in [4.69, 9.17) is 19.9 Å². The van der Waals surface area contributed by atoms with Crippen LogP contribution in [-0.4, -0.2) is 40.5 Å². The van der Waals surface area contributed by atoms with E-state index < -0.39 is 0 Å². The lowest BCUT2D eigenvalue weighted by Gasteiger charge is -2.25. The Morgan fingerprint density at radius 1 is 1.32 bits per heavy atom. The zero-order valence-electron chi connectivity index (χ0n) is 11.8. The second-order valence-corrected chi connectivity index (χ2v) is 4.78. The van der Waals surface area contributed by atoms with Crippen LogP contribution in [0.2, 0.25) is 0 Å². The summed E-state index contributed by atoms with van der Waals surface area (Å²) in [5, 5.41) is 0. The first-order valence-electron chi connectivity index (χ1n) is 6.50. The van der Waals surface area contributed by atoms with E-state index in [1.165, 1.54) is 0 Å². The minimum atomic E-state index is 0.289. The van der Waals surface area contributed by atoms with E-state index in [2.05, 4.69) is 4.90 Å². The number of anilines is 2. The molecule has 1 saturated heterocycles. The van der Waals surface area contributed by atoms with Crippen molar-refractivity contribution in [1.29, 1.82) is 0 Å². The zero-order valence-corrected chi connectivity index (χ0v) is 11.8. The molecule has 1 aromatic rings. The average Bonchev–Trinajstić information content (AvgIpc) is 2.90. The van der Waals surface area contributed by atoms with Crippen LogP contribution >= 0.6 is 0 Å². The first-order valence-corrected chi connectivity index (χ1v) is 6.50. The van der Waals surface area contributed by atoms with Crippen molar-refractivity contribution in [3.8, 4) is 11.5 Å². The van der Waals surface area contributed by atoms with Gasteiger partial charge in [0.2, 0.25) is 0 Å². The number of likely N-dealkylation sites (N-methyl/N-ethyl adjacent to an activating group) is 1. The highest BCUT2D eigenvalue weighted by Gasteiger charge is 2.19. The molecule has 0 saturated carbocycles. The third-order valence-corrected chi connectivity index (χ3v) is 3.45. The molecule has 0 aromatic heterocycles. The summed E-state index contributed by atoms with van der Waals surface area (Å²) in [6.45, 7) is 1.69. The van der Waals surface area contributed by atoms with Gasteiger partial charge in [-0.25, -0.2) is 0 Å². The van der Waals surface area contributed by atoms with Gasteiger partial charge in [0.25, 0.3) is 0 Å². The highest BCUT2D eigenvalue weighted by molar-refractivity contribution is 5.73. The third kappa shape index (κ3) is 3.04. The molecule has 1 unspecified atom stereocenters. The number of nitrogen functional groups attached to an aromatic ring is 1. The van der Waals surface area contributed by atoms with Crippen molar-refractivity contribution in [3.05, 3.63) is 12.1 Å². The number of rotatable bonds is 5. The highest BCUT2D eigenvalue weighted by atomic mass is 16.5. The summed E-state index contributed by atoms with van der Waals surface area (Å²) < 4.78 is 16.2. The quantitative estimate of drug-likeness (QED) is 0.825. The summed E-state index contributed by atoms with van der Waals surface area (Å²) in [7, 11) is 5.24. The molecule has 1 aliphatic heterocycles. The average molecular weight is 266 g/mol. The van der Waals surface area contributed by atoms with Crippen molar-refractivity contribution in [2.75, 3.05) is 45.1 Å². The Morgan fingerprint density at radius 3 is 2.58 bits per heavy atom. The van der Waals surface area contributed by atoms with Crippen molar-refractivity contribution in [2.24, 2.45) is 0 Å². The summed E-state index contributed by atoms with van der Waals surface area (Å²) in [5.74, 6) is 1.33. The van der Waals surface area contributed by atoms with Gasteiger partial charge in [-0.2, -0.15) is 0 Å². The van der Waals surface area contributed by atoms with E-state index in [0.717, 1.165) is 31.7 Å². The van der Waals surface area contributed by atoms with E-state index in [1.54, 1.807) is 20.3 Å². The third-order valence-electron chi connectivity index (χ3n) is 3.45. The van der Waals surface area contributed by atoms with Crippen molar-refractivity contribution in [1.82, 2.24) is 0 Å². The molecule has 0 amide bonds. The molecule has 19 heavy (non-hydrogen) atoms. The van der Waals surface area contributed by atoms with Gasteiger partial charge in [-0.05, 0) is 12.8 Å². The van der Waals surface area contributed by atoms with E-state index in [0.29, 0.717) is 17.2 Å². The van der Waals surface area contributed by atoms with Crippen LogP contribution in [0.4, 0.5) is 11.4 Å². The molecule has 1 fully saturated rings. The molecule has 0 spiro atoms. The Hall–Kier alpha value is -1.62. The Balaban J connectivity index is 2.17. The van der Waals surface area contributed by atoms with Crippen molar-refractivity contribution in [2.45, 2.75) is 18.9 Å². The van der Waals surface area contributed by atoms with Crippen LogP contribution in [0.3, 0.4) is 0 Å². The number of methoxy groups -OCH3 is 2. The van der Waals surface area contributed by atoms with Crippen molar-refractivity contribution >= 4 is 11.4 Å². The molecule has 1 aliphatic rings. The molecular weight excluding hydrogens is 244 g/mol. The predicted octanol–water partition coefficient (Wildman–Crippen LogP) is 1.90. The lowest BCUT2D eigenvalue weighted by atomic mass is 10.2. The van der Waals surface area contributed by atoms with Gasteiger partial charge in [0, 0.05) is 32.3 Å². The molecule has 5 nitrogen and oxygen atoms in total. The number of nitrogens with two attached hydrogens (primary N) is 1. The standard InChI is InChI=1S/C14H22N2O3/c1-16(9-10-5-4-6-19-10)12-8-14(18-3)13(17-2)7-11(12)15/h7-8,10H,4-6,9,15H2,1-3H3. The predicted molar refractivity (Wildman–Crippen MR) is 76.2 cm³/mol. The molecule has 1 heterocycles. The second-order valence-electron chi connectivity index (χ2n) is 4.78. The fourth-order valence-corrected chi connectivity index (χ4v) is 2.41. The molecule has 2 N–H and O–H groups in total. The zero-order chi connectivity index (χ0) is 13.8. The van der Waals surface area contributed by atoms with Crippen LogP contribution in [0.1, 0.15) is 12.8 Å². The Bertz CT molecular complexity index is 431. The maximum absolute atomic E-state index is 6.08. The number of benzene rings is 1. The summed E-state index contributed by atoms with van der Waals surface area (Å²) in [4.78, 5) is 2.10. The molecule has 106 valence electrons. The van der Waals surface area contributed by atoms with Gasteiger partial charge in [0.05, 0.1) is 31.7 Å². The Labute approximate surface area is 114 Å². The van der Waals surface area contributed by atoms with E-state index in [1.807, 2.05) is 13.1 Å². The van der Waals surface area contributed by atoms with Gasteiger partial charge >= 0.3 is 0 Å². The number of hydrogen-bond acceptors (Lipinski definition) is 5. The van der Waals surface area contributed by atoms with Gasteiger partial charge < -0.3 is 24.8 Å². The van der Waals surface area contributed by atoms with Crippen LogP contribution < -0.4 is 20.1 Å². The van der Waals surface area contributed by atoms with Crippen molar-refractivity contribution in [3.63, 3.8) is 0 Å². The Kier molecular flexibility index (Phi) is 4.37. The van der Waals surface area contributed by atoms with E-state index in [9.17, 15) is 0 Å². The minimum Gasteiger partial charge on any atom is -0.493 e. The maximum Gasteiger partial charge on any atom is 0.162 e. The van der Waals surface area contributed by atoms with Crippen molar-refractivity contribution < 1.29 is 14.2 Å². The molecule has 1 aromatic carbocycles. The molecule has 0 bridgehead atoms. The van der Waals surface area contributed by atoms with Gasteiger partial charge in [-0.1, -0.05) is 0 Å². The van der Waals surface area contributed by atoms with Crippen LogP contribution in [0.5, 0.6) is 11.5 Å². The summed E-state index contributed by atoms with van der Waals surface area (Å²) in [6, 6.07) is 3.70. The SMILES string of the molecule is COc1cc(N)c(N(C)CC2CCCO2)cc1OC. The van der Waals surface area contributed by atoms with Gasteiger partial charge in [0.1, 0.15) is 0 Å². The lowest BCUT2D eigenvalue weighted by Crippen LogP contribution is -2.29. The van der Waals surface area contributed by atoms with Crippen LogP contribution in [0, 0.1) is 0 Å². The topological polar surface area (TPSA) is 57.0 Å². The molecule has 1 atom stereocenters. The minimum absolute atomic E-state index is 0.289. The normalized spacial score (nSPS) is 18.4. The Morgan fingerprint density at radius 2 is 2.00 bits per heavy atom. The fourth-order valence-electron chi connectivity index (χ4n) is 2.41. The number of hydrogen-bond donors (Lipinski definition) is 1. The van der Waals surface area contributed by atoms with Gasteiger partial charge in [-0.15, -0.1) is 0 Å². The first-order chi connectivity index (χ1) is 9.15. The van der Waals surface area contributed by atoms with Crippen LogP contribution in [-0.2, 0) is 4.74 Å². The van der Waals surface area contributed by atoms with Crippen LogP contribution in [0.15, 0.2) is 12.1 Å². The van der Waals surface area contributed by atoms with E-state index >= 15 is 0 Å². The molecule has 2 rings (SSSR count). The van der Waals surface area contributed by atoms with Gasteiger partial charge in [0.15, 0.2) is 11.5 Å². The van der Waals surface area contributed by atoms with Gasteiger partial charge in [-0.3, -0.25) is 0 Å². The first kappa shape index (κ1) is 13.8. The molecule has 5 heteroatoms. The second kappa shape index (κ2) is 6.02. The summed E-state index contributed by atoms with van der Waals surface area (Å²) in [6.07, 6.45) is 2.54.